The van der Waals surface area contributed by atoms with E-state index >= 15 is 0 Å². The summed E-state index contributed by atoms with van der Waals surface area (Å²) < 4.78 is 30.7. The van der Waals surface area contributed by atoms with Gasteiger partial charge in [0, 0.05) is 24.5 Å². The summed E-state index contributed by atoms with van der Waals surface area (Å²) in [6, 6.07) is 14.9. The van der Waals surface area contributed by atoms with Crippen LogP contribution in [0.4, 0.5) is 5.69 Å². The highest BCUT2D eigenvalue weighted by atomic mass is 35.5. The predicted octanol–water partition coefficient (Wildman–Crippen LogP) is 8.26. The molecule has 0 amide bonds. The molecule has 1 heterocycles. The fraction of sp³-hybridized carbons (Fsp3) is 0.464. The molecule has 0 saturated carbocycles. The van der Waals surface area contributed by atoms with Crippen molar-refractivity contribution in [3.05, 3.63) is 63.7 Å². The summed E-state index contributed by atoms with van der Waals surface area (Å²) in [6.07, 6.45) is 12.1. The lowest BCUT2D eigenvalue weighted by Crippen LogP contribution is -2.25. The van der Waals surface area contributed by atoms with Gasteiger partial charge in [-0.25, -0.2) is 18.1 Å². The number of halogens is 2. The van der Waals surface area contributed by atoms with Crippen LogP contribution in [0.25, 0.3) is 11.3 Å². The van der Waals surface area contributed by atoms with Gasteiger partial charge >= 0.3 is 0 Å². The van der Waals surface area contributed by atoms with E-state index in [-0.39, 0.29) is 22.3 Å². The van der Waals surface area contributed by atoms with Gasteiger partial charge in [0.25, 0.3) is 0 Å². The molecule has 0 fully saturated rings. The van der Waals surface area contributed by atoms with E-state index in [9.17, 15) is 8.42 Å². The van der Waals surface area contributed by atoms with Crippen LogP contribution in [-0.2, 0) is 17.1 Å². The molecule has 0 aliphatic rings. The summed E-state index contributed by atoms with van der Waals surface area (Å²) in [7, 11) is -1.77. The van der Waals surface area contributed by atoms with Crippen LogP contribution < -0.4 is 9.52 Å². The van der Waals surface area contributed by atoms with E-state index in [0.717, 1.165) is 41.0 Å². The smallest absolute Gasteiger partial charge is 0.242 e. The van der Waals surface area contributed by atoms with Gasteiger partial charge in [0.05, 0.1) is 16.4 Å². The van der Waals surface area contributed by atoms with E-state index in [4.69, 9.17) is 16.6 Å². The van der Waals surface area contributed by atoms with Gasteiger partial charge in [-0.15, -0.1) is 23.7 Å². The average Bonchev–Trinajstić information content (AvgIpc) is 3.23. The van der Waals surface area contributed by atoms with Gasteiger partial charge < -0.3 is 4.57 Å². The van der Waals surface area contributed by atoms with Crippen LogP contribution in [0.1, 0.15) is 71.1 Å². The number of sulfonamides is 1. The van der Waals surface area contributed by atoms with Crippen molar-refractivity contribution >= 4 is 51.1 Å². The van der Waals surface area contributed by atoms with Crippen LogP contribution in [0.3, 0.4) is 0 Å². The van der Waals surface area contributed by atoms with Gasteiger partial charge in [0.15, 0.2) is 4.80 Å². The van der Waals surface area contributed by atoms with E-state index in [1.807, 2.05) is 53.4 Å². The maximum absolute atomic E-state index is 13.0. The monoisotopic (exact) mass is 583 g/mol. The van der Waals surface area contributed by atoms with Crippen molar-refractivity contribution in [2.24, 2.45) is 12.0 Å². The first-order valence-corrected chi connectivity index (χ1v) is 15.7. The molecule has 3 aromatic rings. The molecule has 0 radical (unpaired) electrons. The number of hydrogen-bond donors (Lipinski definition) is 1. The number of benzene rings is 2. The Hall–Kier alpha value is -1.64. The minimum Gasteiger partial charge on any atom is -0.320 e. The largest absolute Gasteiger partial charge is 0.320 e. The third-order valence-electron chi connectivity index (χ3n) is 6.24. The van der Waals surface area contributed by atoms with Crippen LogP contribution >= 0.6 is 35.3 Å². The number of aromatic nitrogens is 1. The molecule has 1 N–H and O–H groups in total. The number of thiazole rings is 1. The predicted molar refractivity (Wildman–Crippen MR) is 160 cm³/mol. The minimum atomic E-state index is -3.70. The Morgan fingerprint density at radius 3 is 2.19 bits per heavy atom. The summed E-state index contributed by atoms with van der Waals surface area (Å²) in [6.45, 7) is 2.66. The average molecular weight is 585 g/mol. The van der Waals surface area contributed by atoms with Crippen molar-refractivity contribution < 1.29 is 8.42 Å². The first kappa shape index (κ1) is 31.6. The standard InChI is InChI=1S/C28H38ClN3O2S2.ClH/c1-3-4-5-6-7-8-9-10-11-15-20-30-36(33,34)27-21-23(18-19-25(27)29)26-22-35-28(32(26)2)31-24-16-13-12-14-17-24;/h12-14,16-19,21-22,30H,3-11,15,20H2,1-2H3;1H. The molecule has 9 heteroatoms. The Morgan fingerprint density at radius 1 is 0.919 bits per heavy atom. The van der Waals surface area contributed by atoms with Crippen LogP contribution in [0, 0.1) is 0 Å². The molecule has 1 aromatic heterocycles. The van der Waals surface area contributed by atoms with Crippen molar-refractivity contribution in [1.82, 2.24) is 9.29 Å². The van der Waals surface area contributed by atoms with Crippen LogP contribution in [0.15, 0.2) is 63.8 Å². The van der Waals surface area contributed by atoms with Crippen molar-refractivity contribution in [2.45, 2.75) is 76.0 Å². The summed E-state index contributed by atoms with van der Waals surface area (Å²) in [5, 5.41) is 2.21. The molecule has 0 unspecified atom stereocenters. The lowest BCUT2D eigenvalue weighted by molar-refractivity contribution is 0.549. The molecule has 5 nitrogen and oxygen atoms in total. The molecule has 37 heavy (non-hydrogen) atoms. The number of para-hydroxylation sites is 1. The fourth-order valence-electron chi connectivity index (χ4n) is 4.11. The first-order valence-electron chi connectivity index (χ1n) is 13.0. The molecule has 3 rings (SSSR count). The molecule has 0 aliphatic heterocycles. The molecule has 0 spiro atoms. The van der Waals surface area contributed by atoms with Gasteiger partial charge in [-0.1, -0.05) is 101 Å². The molecule has 0 aliphatic carbocycles. The Bertz CT molecular complexity index is 1260. The van der Waals surface area contributed by atoms with Crippen LogP contribution in [-0.4, -0.2) is 19.5 Å². The summed E-state index contributed by atoms with van der Waals surface area (Å²) in [5.41, 5.74) is 2.54. The molecular weight excluding hydrogens is 545 g/mol. The third kappa shape index (κ3) is 9.88. The maximum Gasteiger partial charge on any atom is 0.242 e. The third-order valence-corrected chi connectivity index (χ3v) is 9.10. The number of nitrogens with zero attached hydrogens (tertiary/aromatic N) is 2. The maximum atomic E-state index is 13.0. The highest BCUT2D eigenvalue weighted by molar-refractivity contribution is 7.89. The number of unbranched alkanes of at least 4 members (excludes halogenated alkanes) is 9. The van der Waals surface area contributed by atoms with Crippen molar-refractivity contribution in [3.8, 4) is 11.3 Å². The molecule has 0 atom stereocenters. The highest BCUT2D eigenvalue weighted by Crippen LogP contribution is 2.28. The SMILES string of the molecule is CCCCCCCCCCCCNS(=O)(=O)c1cc(-c2csc(=Nc3ccccc3)n2C)ccc1Cl.Cl. The van der Waals surface area contributed by atoms with Crippen molar-refractivity contribution in [2.75, 3.05) is 6.54 Å². The van der Waals surface area contributed by atoms with Crippen LogP contribution in [0.2, 0.25) is 5.02 Å². The Morgan fingerprint density at radius 2 is 1.54 bits per heavy atom. The lowest BCUT2D eigenvalue weighted by atomic mass is 10.1. The number of rotatable bonds is 15. The van der Waals surface area contributed by atoms with E-state index in [1.54, 1.807) is 12.1 Å². The Labute approximate surface area is 237 Å². The van der Waals surface area contributed by atoms with Crippen molar-refractivity contribution in [3.63, 3.8) is 0 Å². The van der Waals surface area contributed by atoms with E-state index < -0.39 is 10.0 Å². The normalized spacial score (nSPS) is 12.0. The molecule has 0 bridgehead atoms. The summed E-state index contributed by atoms with van der Waals surface area (Å²) in [4.78, 5) is 5.63. The van der Waals surface area contributed by atoms with Gasteiger partial charge in [-0.05, 0) is 30.7 Å². The molecule has 204 valence electrons. The van der Waals surface area contributed by atoms with Crippen LogP contribution in [0.5, 0.6) is 0 Å². The zero-order valence-corrected chi connectivity index (χ0v) is 25.0. The molecule has 0 saturated heterocycles. The van der Waals surface area contributed by atoms with Gasteiger partial charge in [0.2, 0.25) is 10.0 Å². The highest BCUT2D eigenvalue weighted by Gasteiger charge is 2.19. The molecule has 2 aromatic carbocycles. The van der Waals surface area contributed by atoms with Gasteiger partial charge in [-0.3, -0.25) is 0 Å². The second-order valence-corrected chi connectivity index (χ2v) is 12.1. The summed E-state index contributed by atoms with van der Waals surface area (Å²) in [5.74, 6) is 0. The van der Waals surface area contributed by atoms with E-state index in [2.05, 4.69) is 11.6 Å². The Kier molecular flexibility index (Phi) is 14.0. The fourth-order valence-corrected chi connectivity index (χ4v) is 6.63. The molecular formula is C28H39Cl2N3O2S2. The quantitative estimate of drug-likeness (QED) is 0.183. The number of nitrogens with one attached hydrogen (secondary N) is 1. The zero-order valence-electron chi connectivity index (χ0n) is 21.8. The van der Waals surface area contributed by atoms with E-state index in [1.165, 1.54) is 56.3 Å². The zero-order chi connectivity index (χ0) is 25.8. The topological polar surface area (TPSA) is 63.5 Å². The Balaban J connectivity index is 0.00000481. The second-order valence-electron chi connectivity index (χ2n) is 9.13. The van der Waals surface area contributed by atoms with Crippen molar-refractivity contribution in [1.29, 1.82) is 0 Å². The number of hydrogen-bond acceptors (Lipinski definition) is 4. The lowest BCUT2D eigenvalue weighted by Gasteiger charge is -2.11. The minimum absolute atomic E-state index is 0. The summed E-state index contributed by atoms with van der Waals surface area (Å²) >= 11 is 7.83. The van der Waals surface area contributed by atoms with E-state index in [0.29, 0.717) is 6.54 Å². The second kappa shape index (κ2) is 16.4. The first-order chi connectivity index (χ1) is 17.4. The van der Waals surface area contributed by atoms with Gasteiger partial charge in [-0.2, -0.15) is 0 Å². The van der Waals surface area contributed by atoms with Gasteiger partial charge in [0.1, 0.15) is 4.90 Å².